The van der Waals surface area contributed by atoms with Crippen LogP contribution < -0.4 is 10.6 Å². The Bertz CT molecular complexity index is 1230. The molecule has 2 aromatic rings. The van der Waals surface area contributed by atoms with Gasteiger partial charge in [0.1, 0.15) is 7.14 Å². The van der Waals surface area contributed by atoms with Crippen LogP contribution in [0.3, 0.4) is 0 Å². The van der Waals surface area contributed by atoms with E-state index in [2.05, 4.69) is 80.4 Å². The van der Waals surface area contributed by atoms with Crippen LogP contribution in [0.5, 0.6) is 0 Å². The van der Waals surface area contributed by atoms with E-state index in [4.69, 9.17) is 8.85 Å². The van der Waals surface area contributed by atoms with Crippen LogP contribution in [0, 0.1) is 10.8 Å². The fourth-order valence-electron chi connectivity index (χ4n) is 5.71. The van der Waals surface area contributed by atoms with E-state index in [9.17, 15) is 4.57 Å². The first-order chi connectivity index (χ1) is 19.8. The fourth-order valence-corrected chi connectivity index (χ4v) is 13.2. The van der Waals surface area contributed by atoms with Crippen molar-refractivity contribution in [1.29, 1.82) is 0 Å². The molecule has 1 aliphatic rings. The van der Waals surface area contributed by atoms with Crippen molar-refractivity contribution in [2.24, 2.45) is 10.8 Å². The zero-order valence-corrected chi connectivity index (χ0v) is 31.7. The van der Waals surface area contributed by atoms with Gasteiger partial charge in [0.05, 0.1) is 12.2 Å². The Kier molecular flexibility index (Phi) is 12.0. The molecule has 0 amide bonds. The lowest BCUT2D eigenvalue weighted by Gasteiger charge is -2.41. The van der Waals surface area contributed by atoms with Crippen molar-refractivity contribution in [2.75, 3.05) is 6.16 Å². The van der Waals surface area contributed by atoms with Crippen molar-refractivity contribution in [1.82, 2.24) is 0 Å². The third-order valence-electron chi connectivity index (χ3n) is 8.57. The van der Waals surface area contributed by atoms with Crippen LogP contribution in [0.2, 0.25) is 38.3 Å². The van der Waals surface area contributed by atoms with E-state index in [0.29, 0.717) is 11.6 Å². The van der Waals surface area contributed by atoms with E-state index >= 15 is 0 Å². The molecule has 2 unspecified atom stereocenters. The summed E-state index contributed by atoms with van der Waals surface area (Å²) in [6, 6.07) is 22.2. The van der Waals surface area contributed by atoms with Gasteiger partial charge in [0.15, 0.2) is 16.6 Å². The smallest absolute Gasteiger partial charge is 0.187 e. The largest absolute Gasteiger partial charge is 0.414 e. The van der Waals surface area contributed by atoms with Crippen molar-refractivity contribution in [2.45, 2.75) is 118 Å². The van der Waals surface area contributed by atoms with Crippen LogP contribution in [-0.2, 0) is 13.4 Å². The highest BCUT2D eigenvalue weighted by Gasteiger charge is 2.38. The minimum absolute atomic E-state index is 0.0631. The first kappa shape index (κ1) is 36.0. The molecule has 238 valence electrons. The summed E-state index contributed by atoms with van der Waals surface area (Å²) in [5.41, 5.74) is 2.80. The third-order valence-corrected chi connectivity index (χ3v) is 16.3. The molecule has 0 radical (unpaired) electrons. The lowest BCUT2D eigenvalue weighted by Crippen LogP contribution is -2.44. The van der Waals surface area contributed by atoms with Gasteiger partial charge in [-0.25, -0.2) is 0 Å². The van der Waals surface area contributed by atoms with E-state index < -0.39 is 23.8 Å². The van der Waals surface area contributed by atoms with E-state index in [1.165, 1.54) is 6.42 Å². The van der Waals surface area contributed by atoms with Gasteiger partial charge in [-0.05, 0) is 79.5 Å². The summed E-state index contributed by atoms with van der Waals surface area (Å²) >= 11 is 0. The van der Waals surface area contributed by atoms with Gasteiger partial charge in [0, 0.05) is 23.2 Å². The maximum absolute atomic E-state index is 14.8. The molecule has 0 heterocycles. The predicted octanol–water partition coefficient (Wildman–Crippen LogP) is 10.3. The molecule has 1 aliphatic carbocycles. The molecular weight excluding hydrogens is 580 g/mol. The number of rotatable bonds is 12. The minimum atomic E-state index is -2.88. The molecule has 0 aliphatic heterocycles. The van der Waals surface area contributed by atoms with E-state index in [1.807, 2.05) is 60.7 Å². The van der Waals surface area contributed by atoms with Crippen LogP contribution >= 0.6 is 7.14 Å². The average molecular weight is 639 g/mol. The Morgan fingerprint density at radius 3 is 1.67 bits per heavy atom. The van der Waals surface area contributed by atoms with Crippen LogP contribution in [0.25, 0.3) is 0 Å². The van der Waals surface area contributed by atoms with E-state index in [-0.39, 0.29) is 17.6 Å². The molecule has 3 nitrogen and oxygen atoms in total. The van der Waals surface area contributed by atoms with Gasteiger partial charge in [-0.1, -0.05) is 115 Å². The van der Waals surface area contributed by atoms with Gasteiger partial charge in [-0.2, -0.15) is 0 Å². The highest BCUT2D eigenvalue weighted by Crippen LogP contribution is 2.45. The lowest BCUT2D eigenvalue weighted by atomic mass is 9.86. The fraction of sp³-hybridized carbons (Fsp3) is 0.568. The molecule has 0 bridgehead atoms. The van der Waals surface area contributed by atoms with E-state index in [1.54, 1.807) is 0 Å². The average Bonchev–Trinajstić information content (AvgIpc) is 2.92. The molecule has 43 heavy (non-hydrogen) atoms. The molecule has 0 aromatic heterocycles. The van der Waals surface area contributed by atoms with E-state index in [0.717, 1.165) is 53.1 Å². The Balaban J connectivity index is 1.93. The molecule has 6 heteroatoms. The molecule has 1 fully saturated rings. The van der Waals surface area contributed by atoms with Crippen LogP contribution in [0.1, 0.15) is 67.2 Å². The van der Waals surface area contributed by atoms with Crippen LogP contribution in [0.15, 0.2) is 84.5 Å². The Hall–Kier alpha value is -1.50. The quantitative estimate of drug-likeness (QED) is 0.171. The zero-order chi connectivity index (χ0) is 32.1. The highest BCUT2D eigenvalue weighted by molar-refractivity contribution is 7.78. The summed E-state index contributed by atoms with van der Waals surface area (Å²) in [4.78, 5) is 0. The number of hydrogen-bond acceptors (Lipinski definition) is 3. The number of benzene rings is 2. The molecule has 1 saturated carbocycles. The second-order valence-corrected chi connectivity index (χ2v) is 27.7. The summed E-state index contributed by atoms with van der Waals surface area (Å²) in [7, 11) is -6.73. The Morgan fingerprint density at radius 1 is 0.791 bits per heavy atom. The van der Waals surface area contributed by atoms with Gasteiger partial charge in [0.25, 0.3) is 0 Å². The maximum Gasteiger partial charge on any atom is 0.187 e. The molecule has 3 rings (SSSR count). The highest BCUT2D eigenvalue weighted by atomic mass is 31.2. The second-order valence-electron chi connectivity index (χ2n) is 16.3. The first-order valence-corrected chi connectivity index (χ1v) is 24.4. The number of hydrogen-bond donors (Lipinski definition) is 0. The normalized spacial score (nSPS) is 20.0. The summed E-state index contributed by atoms with van der Waals surface area (Å²) < 4.78 is 28.9. The summed E-state index contributed by atoms with van der Waals surface area (Å²) in [6.07, 6.45) is 6.67. The van der Waals surface area contributed by atoms with Gasteiger partial charge in [-0.3, -0.25) is 0 Å². The summed E-state index contributed by atoms with van der Waals surface area (Å²) in [5, 5.41) is 1.79. The van der Waals surface area contributed by atoms with Gasteiger partial charge < -0.3 is 13.4 Å². The van der Waals surface area contributed by atoms with Crippen molar-refractivity contribution in [3.8, 4) is 0 Å². The molecule has 2 atom stereocenters. The molecule has 2 aromatic carbocycles. The maximum atomic E-state index is 14.8. The van der Waals surface area contributed by atoms with Crippen molar-refractivity contribution >= 4 is 34.4 Å². The Morgan fingerprint density at radius 2 is 1.23 bits per heavy atom. The van der Waals surface area contributed by atoms with Gasteiger partial charge in [-0.15, -0.1) is 0 Å². The molecule has 0 saturated heterocycles. The van der Waals surface area contributed by atoms with Crippen molar-refractivity contribution < 1.29 is 13.4 Å². The van der Waals surface area contributed by atoms with Crippen LogP contribution in [0.4, 0.5) is 0 Å². The van der Waals surface area contributed by atoms with Gasteiger partial charge >= 0.3 is 0 Å². The minimum Gasteiger partial charge on any atom is -0.414 e. The van der Waals surface area contributed by atoms with Crippen LogP contribution in [-0.4, -0.2) is 35.0 Å². The first-order valence-electron chi connectivity index (χ1n) is 16.2. The lowest BCUT2D eigenvalue weighted by molar-refractivity contribution is 0.103. The second kappa shape index (κ2) is 14.3. The SMILES string of the molecule is C=C1C(=CCP(=O)(c2ccccc2)c2ccccc2)CC(O[Si](C)(C)CCC(C)(C)C)CC1O[Si](C)(C)CCC(C)(C)C. The monoisotopic (exact) mass is 638 g/mol. The number of allylic oxidation sites excluding steroid dienone is 1. The van der Waals surface area contributed by atoms with Crippen molar-refractivity contribution in [3.05, 3.63) is 84.5 Å². The standard InChI is InChI=1S/C37H59O3PSi2/c1-30-31(22-25-41(38,33-18-14-12-15-19-33)34-20-16-13-17-21-34)28-32(39-42(8,9)26-23-36(2,3)4)29-35(30)40-43(10,11)27-24-37(5,6)7/h12-22,32,35H,1,23-29H2,2-11H3. The molecular formula is C37H59O3PSi2. The molecule has 0 spiro atoms. The molecule has 0 N–H and O–H groups in total. The topological polar surface area (TPSA) is 35.5 Å². The third kappa shape index (κ3) is 11.4. The Labute approximate surface area is 266 Å². The zero-order valence-electron chi connectivity index (χ0n) is 28.8. The van der Waals surface area contributed by atoms with Crippen molar-refractivity contribution in [3.63, 3.8) is 0 Å². The summed E-state index contributed by atoms with van der Waals surface area (Å²) in [5.74, 6) is 0. The van der Waals surface area contributed by atoms with Gasteiger partial charge in [0.2, 0.25) is 0 Å². The summed E-state index contributed by atoms with van der Waals surface area (Å²) in [6.45, 7) is 27.9. The predicted molar refractivity (Wildman–Crippen MR) is 194 cm³/mol.